The molecule has 1 atom stereocenters. The number of anilines is 3. The van der Waals surface area contributed by atoms with Gasteiger partial charge in [-0.15, -0.1) is 0 Å². The zero-order valence-electron chi connectivity index (χ0n) is 13.7. The monoisotopic (exact) mass is 353 g/mol. The van der Waals surface area contributed by atoms with E-state index in [0.29, 0.717) is 21.6 Å². The highest BCUT2D eigenvalue weighted by atomic mass is 32.2. The van der Waals surface area contributed by atoms with Crippen LogP contribution in [0.3, 0.4) is 0 Å². The number of rotatable bonds is 3. The first-order valence-electron chi connectivity index (χ1n) is 7.87. The van der Waals surface area contributed by atoms with Crippen molar-refractivity contribution in [1.29, 1.82) is 0 Å². The molecule has 3 aromatic rings. The molecule has 2 amide bonds. The molecule has 4 rings (SSSR count). The Morgan fingerprint density at radius 2 is 2.12 bits per heavy atom. The molecule has 1 aromatic carbocycles. The Kier molecular flexibility index (Phi) is 3.47. The van der Waals surface area contributed by atoms with Crippen molar-refractivity contribution in [1.82, 2.24) is 4.98 Å². The quantitative estimate of drug-likeness (QED) is 0.727. The van der Waals surface area contributed by atoms with Crippen LogP contribution >= 0.6 is 10.5 Å². The van der Waals surface area contributed by atoms with Crippen molar-refractivity contribution in [2.75, 3.05) is 10.2 Å². The second-order valence-corrected chi connectivity index (χ2v) is 7.50. The normalized spacial score (nSPS) is 13.9. The number of urea groups is 1. The highest BCUT2D eigenvalue weighted by molar-refractivity contribution is 7.54. The van der Waals surface area contributed by atoms with Crippen molar-refractivity contribution >= 4 is 49.1 Å². The van der Waals surface area contributed by atoms with E-state index >= 15 is 0 Å². The summed E-state index contributed by atoms with van der Waals surface area (Å²) in [7, 11) is -1.26. The second kappa shape index (κ2) is 5.56. The summed E-state index contributed by atoms with van der Waals surface area (Å²) in [5.41, 5.74) is 4.07. The molecule has 0 saturated heterocycles. The summed E-state index contributed by atoms with van der Waals surface area (Å²) >= 11 is 0. The minimum atomic E-state index is -1.26. The molecule has 1 unspecified atom stereocenters. The fraction of sp³-hybridized carbons (Fsp3) is 0.167. The molecular formula is C18H15N3O3S. The molecule has 1 N–H and O–H groups in total. The number of pyridine rings is 1. The molecule has 0 aliphatic carbocycles. The van der Waals surface area contributed by atoms with Gasteiger partial charge in [0.1, 0.15) is 11.1 Å². The number of thiophene rings is 1. The molecule has 3 heterocycles. The summed E-state index contributed by atoms with van der Waals surface area (Å²) in [6.07, 6.45) is 2.45. The second-order valence-electron chi connectivity index (χ2n) is 5.87. The van der Waals surface area contributed by atoms with Crippen LogP contribution in [-0.2, 0) is 6.42 Å². The SMILES string of the molecule is CCc1ccc(N2C(=O)Nc3c[s+](C(=O)[O-])c4nccc2c34)c(C)c1. The molecule has 0 radical (unpaired) electrons. The Bertz CT molecular complexity index is 1040. The lowest BCUT2D eigenvalue weighted by atomic mass is 10.1. The first-order chi connectivity index (χ1) is 12.0. The number of amides is 2. The van der Waals surface area contributed by atoms with Crippen LogP contribution < -0.4 is 15.3 Å². The van der Waals surface area contributed by atoms with Crippen LogP contribution in [0, 0.1) is 6.92 Å². The lowest BCUT2D eigenvalue weighted by molar-refractivity contribution is -0.233. The standard InChI is InChI=1S/C18H15N3O3S/c1-3-11-4-5-13(10(2)8-11)21-14-6-7-19-16-15(14)12(20-17(21)22)9-25(16)18(23)24/h4-9H,3H2,1-2H3,(H-,20,22,23,24). The third-order valence-electron chi connectivity index (χ3n) is 4.38. The van der Waals surface area contributed by atoms with Crippen LogP contribution in [0.15, 0.2) is 35.8 Å². The predicted molar refractivity (Wildman–Crippen MR) is 96.7 cm³/mol. The van der Waals surface area contributed by atoms with E-state index in [1.807, 2.05) is 19.1 Å². The number of hydrogen-bond donors (Lipinski definition) is 1. The zero-order chi connectivity index (χ0) is 17.7. The van der Waals surface area contributed by atoms with Gasteiger partial charge in [0.25, 0.3) is 4.83 Å². The van der Waals surface area contributed by atoms with Crippen LogP contribution in [0.5, 0.6) is 0 Å². The van der Waals surface area contributed by atoms with Gasteiger partial charge in [-0.3, -0.25) is 4.90 Å². The molecule has 0 bridgehead atoms. The van der Waals surface area contributed by atoms with Crippen LogP contribution in [0.25, 0.3) is 10.2 Å². The Balaban J connectivity index is 1.97. The van der Waals surface area contributed by atoms with Crippen LogP contribution in [0.2, 0.25) is 0 Å². The zero-order valence-corrected chi connectivity index (χ0v) is 14.5. The van der Waals surface area contributed by atoms with Crippen molar-refractivity contribution < 1.29 is 14.7 Å². The number of carboxylic acid groups (broad SMARTS) is 1. The number of carbonyl (C=O) groups is 2. The van der Waals surface area contributed by atoms with Gasteiger partial charge < -0.3 is 15.2 Å². The third kappa shape index (κ3) is 2.27. The van der Waals surface area contributed by atoms with Crippen molar-refractivity contribution in [3.63, 3.8) is 0 Å². The summed E-state index contributed by atoms with van der Waals surface area (Å²) in [6.45, 7) is 4.04. The van der Waals surface area contributed by atoms with E-state index in [1.165, 1.54) is 17.1 Å². The number of aromatic nitrogens is 1. The summed E-state index contributed by atoms with van der Waals surface area (Å²) in [6, 6.07) is 7.39. The topological polar surface area (TPSA) is 85.4 Å². The maximum Gasteiger partial charge on any atom is 0.331 e. The number of carbonyl (C=O) groups excluding carboxylic acids is 2. The Morgan fingerprint density at radius 3 is 2.80 bits per heavy atom. The molecule has 25 heavy (non-hydrogen) atoms. The largest absolute Gasteiger partial charge is 0.500 e. The smallest absolute Gasteiger partial charge is 0.331 e. The average molecular weight is 353 g/mol. The van der Waals surface area contributed by atoms with Crippen LogP contribution in [0.1, 0.15) is 18.1 Å². The predicted octanol–water partition coefficient (Wildman–Crippen LogP) is 3.73. The summed E-state index contributed by atoms with van der Waals surface area (Å²) in [5, 5.41) is 15.2. The van der Waals surface area contributed by atoms with Crippen LogP contribution in [-0.4, -0.2) is 16.3 Å². The molecule has 2 aromatic heterocycles. The summed E-state index contributed by atoms with van der Waals surface area (Å²) in [5.74, 6) is 0. The van der Waals surface area contributed by atoms with E-state index in [0.717, 1.165) is 17.7 Å². The highest BCUT2D eigenvalue weighted by Gasteiger charge is 2.34. The van der Waals surface area contributed by atoms with Gasteiger partial charge in [-0.2, -0.15) is 0 Å². The molecule has 126 valence electrons. The van der Waals surface area contributed by atoms with Crippen molar-refractivity contribution in [3.8, 4) is 0 Å². The number of nitrogens with zero attached hydrogens (tertiary/aromatic N) is 2. The van der Waals surface area contributed by atoms with Gasteiger partial charge in [0.05, 0.1) is 21.8 Å². The lowest BCUT2D eigenvalue weighted by Gasteiger charge is -2.28. The number of aryl methyl sites for hydroxylation is 2. The molecule has 6 nitrogen and oxygen atoms in total. The van der Waals surface area contributed by atoms with Crippen molar-refractivity contribution in [2.24, 2.45) is 0 Å². The molecule has 0 saturated carbocycles. The number of nitrogens with one attached hydrogen (secondary N) is 1. The van der Waals surface area contributed by atoms with E-state index in [1.54, 1.807) is 11.0 Å². The average Bonchev–Trinajstić information content (AvgIpc) is 2.96. The molecular weight excluding hydrogens is 338 g/mol. The maximum absolute atomic E-state index is 12.7. The minimum absolute atomic E-state index is 0.313. The van der Waals surface area contributed by atoms with E-state index in [4.69, 9.17) is 0 Å². The third-order valence-corrected chi connectivity index (χ3v) is 5.94. The molecule has 0 fully saturated rings. The Labute approximate surface area is 146 Å². The Hall–Kier alpha value is -2.93. The van der Waals surface area contributed by atoms with Crippen molar-refractivity contribution in [2.45, 2.75) is 20.3 Å². The van der Waals surface area contributed by atoms with Gasteiger partial charge in [0.2, 0.25) is 0 Å². The lowest BCUT2D eigenvalue weighted by Crippen LogP contribution is -2.34. The van der Waals surface area contributed by atoms with Gasteiger partial charge in [-0.25, -0.2) is 9.78 Å². The molecule has 1 aliphatic rings. The maximum atomic E-state index is 12.7. The van der Waals surface area contributed by atoms with Gasteiger partial charge in [0.15, 0.2) is 5.38 Å². The number of benzene rings is 1. The fourth-order valence-electron chi connectivity index (χ4n) is 3.20. The van der Waals surface area contributed by atoms with Crippen molar-refractivity contribution in [3.05, 3.63) is 47.0 Å². The van der Waals surface area contributed by atoms with E-state index < -0.39 is 15.8 Å². The Morgan fingerprint density at radius 1 is 1.32 bits per heavy atom. The first-order valence-corrected chi connectivity index (χ1v) is 9.16. The summed E-state index contributed by atoms with van der Waals surface area (Å²) < 4.78 is 0. The van der Waals surface area contributed by atoms with E-state index in [9.17, 15) is 14.7 Å². The van der Waals surface area contributed by atoms with Gasteiger partial charge in [-0.05, 0) is 36.6 Å². The molecule has 0 spiro atoms. The fourth-order valence-corrected chi connectivity index (χ4v) is 4.59. The van der Waals surface area contributed by atoms with Gasteiger partial charge in [0, 0.05) is 6.20 Å². The molecule has 7 heteroatoms. The van der Waals surface area contributed by atoms with E-state index in [2.05, 4.69) is 23.3 Å². The minimum Gasteiger partial charge on any atom is -0.500 e. The first kappa shape index (κ1) is 15.6. The van der Waals surface area contributed by atoms with Crippen LogP contribution in [0.4, 0.5) is 26.7 Å². The van der Waals surface area contributed by atoms with E-state index in [-0.39, 0.29) is 6.03 Å². The molecule has 1 aliphatic heterocycles. The van der Waals surface area contributed by atoms with Gasteiger partial charge >= 0.3 is 11.3 Å². The highest BCUT2D eigenvalue weighted by Crippen LogP contribution is 2.47. The van der Waals surface area contributed by atoms with Gasteiger partial charge in [-0.1, -0.05) is 19.1 Å². The summed E-state index contributed by atoms with van der Waals surface area (Å²) in [4.78, 5) is 30.4. The number of hydrogen-bond acceptors (Lipinski definition) is 4.